The molecule has 0 aliphatic carbocycles. The first-order valence-corrected chi connectivity index (χ1v) is 13.2. The maximum absolute atomic E-state index is 15.0. The second kappa shape index (κ2) is 9.87. The van der Waals surface area contributed by atoms with Gasteiger partial charge in [-0.15, -0.1) is 0 Å². The van der Waals surface area contributed by atoms with E-state index in [2.05, 4.69) is 25.0 Å². The Labute approximate surface area is 208 Å². The zero-order valence-electron chi connectivity index (χ0n) is 19.9. The molecule has 1 fully saturated rings. The first-order chi connectivity index (χ1) is 17.0. The first-order valence-electron chi connectivity index (χ1n) is 11.4. The number of amides is 1. The molecule has 4 heterocycles. The molecule has 0 spiro atoms. The van der Waals surface area contributed by atoms with Crippen molar-refractivity contribution in [3.05, 3.63) is 47.7 Å². The molecule has 2 aromatic heterocycles. The molecule has 2 aliphatic heterocycles. The van der Waals surface area contributed by atoms with Gasteiger partial charge in [0.2, 0.25) is 0 Å². The summed E-state index contributed by atoms with van der Waals surface area (Å²) in [5, 5.41) is 2.54. The van der Waals surface area contributed by atoms with Gasteiger partial charge in [0, 0.05) is 12.3 Å². The number of hydrogen-bond acceptors (Lipinski definition) is 8. The minimum atomic E-state index is -2.75. The molecule has 3 atom stereocenters. The number of aromatic nitrogens is 2. The monoisotopic (exact) mass is 525 g/mol. The summed E-state index contributed by atoms with van der Waals surface area (Å²) in [5.74, 6) is -1.02. The lowest BCUT2D eigenvalue weighted by Crippen LogP contribution is -2.57. The maximum atomic E-state index is 15.0. The van der Waals surface area contributed by atoms with Crippen LogP contribution in [0.5, 0.6) is 5.75 Å². The van der Waals surface area contributed by atoms with Gasteiger partial charge in [-0.3, -0.25) is 25.0 Å². The molecule has 0 saturated carbocycles. The third-order valence-corrected chi connectivity index (χ3v) is 9.99. The number of hydrogen-bond donors (Lipinski definition) is 3. The van der Waals surface area contributed by atoms with Gasteiger partial charge in [0.15, 0.2) is 0 Å². The summed E-state index contributed by atoms with van der Waals surface area (Å²) in [6.45, 7) is 3.21. The van der Waals surface area contributed by atoms with E-state index in [0.29, 0.717) is 13.0 Å². The molecule has 196 valence electrons. The molecule has 1 saturated heterocycles. The Morgan fingerprint density at radius 3 is 2.78 bits per heavy atom. The van der Waals surface area contributed by atoms with Crippen LogP contribution in [0.3, 0.4) is 0 Å². The van der Waals surface area contributed by atoms with Gasteiger partial charge in [0.25, 0.3) is 12.3 Å². The second-order valence-corrected chi connectivity index (χ2v) is 12.1. The Morgan fingerprint density at radius 2 is 2.08 bits per heavy atom. The van der Waals surface area contributed by atoms with Crippen LogP contribution in [-0.2, 0) is 5.54 Å². The van der Waals surface area contributed by atoms with Gasteiger partial charge in [-0.2, -0.15) is 0 Å². The average Bonchev–Trinajstić information content (AvgIpc) is 2.97. The lowest BCUT2D eigenvalue weighted by Gasteiger charge is -2.63. The van der Waals surface area contributed by atoms with Gasteiger partial charge in [0.1, 0.15) is 46.8 Å². The number of halogens is 3. The van der Waals surface area contributed by atoms with E-state index in [-0.39, 0.29) is 34.5 Å². The normalized spacial score (nSPS) is 29.9. The van der Waals surface area contributed by atoms with Crippen LogP contribution < -0.4 is 20.5 Å². The van der Waals surface area contributed by atoms with E-state index in [1.807, 2.05) is 6.92 Å². The van der Waals surface area contributed by atoms with Gasteiger partial charge < -0.3 is 20.3 Å². The van der Waals surface area contributed by atoms with E-state index in [1.54, 1.807) is 6.92 Å². The number of fused-ring (bicyclic) bond motifs is 1. The van der Waals surface area contributed by atoms with E-state index in [9.17, 15) is 18.1 Å². The standard InChI is InChI=1S/C23H29F3N6O3S/c1-22(13-36(34)23(2,21(27)32-22)9-3-4-10-29-36)19-15(24)6-8-18(30-19)31-20(33)16-7-5-14(11-28-16)35-12-17(25)26/h5-8,11,17,29,34H,3-4,9-10,12-13H2,1-2H3,(H2,27,32)(H,30,31,33)/p-1. The average molecular weight is 526 g/mol. The number of nitrogens with two attached hydrogens (primary N) is 1. The molecule has 0 radical (unpaired) electrons. The van der Waals surface area contributed by atoms with E-state index >= 15 is 4.39 Å². The highest BCUT2D eigenvalue weighted by Gasteiger charge is 2.50. The summed E-state index contributed by atoms with van der Waals surface area (Å²) in [7, 11) is -2.75. The first kappa shape index (κ1) is 26.2. The Bertz CT molecular complexity index is 1170. The topological polar surface area (TPSA) is 138 Å². The van der Waals surface area contributed by atoms with Crippen LogP contribution >= 0.6 is 10.5 Å². The van der Waals surface area contributed by atoms with Crippen molar-refractivity contribution in [1.82, 2.24) is 14.7 Å². The highest BCUT2D eigenvalue weighted by molar-refractivity contribution is 8.29. The van der Waals surface area contributed by atoms with Crippen molar-refractivity contribution in [3.63, 3.8) is 0 Å². The van der Waals surface area contributed by atoms with Crippen molar-refractivity contribution in [2.24, 2.45) is 10.7 Å². The van der Waals surface area contributed by atoms with Crippen LogP contribution in [0.4, 0.5) is 19.0 Å². The fourth-order valence-corrected chi connectivity index (χ4v) is 7.48. The second-order valence-electron chi connectivity index (χ2n) is 9.24. The number of ether oxygens (including phenoxy) is 1. The third kappa shape index (κ3) is 5.00. The van der Waals surface area contributed by atoms with Crippen molar-refractivity contribution in [2.75, 3.05) is 24.2 Å². The minimum absolute atomic E-state index is 0.000153. The van der Waals surface area contributed by atoms with Crippen LogP contribution in [-0.4, -0.2) is 56.3 Å². The number of nitrogens with zero attached hydrogens (tertiary/aromatic N) is 3. The van der Waals surface area contributed by atoms with Gasteiger partial charge in [-0.25, -0.2) is 23.1 Å². The van der Waals surface area contributed by atoms with Crippen molar-refractivity contribution in [1.29, 1.82) is 0 Å². The third-order valence-electron chi connectivity index (χ3n) is 6.48. The van der Waals surface area contributed by atoms with Crippen LogP contribution in [0.1, 0.15) is 49.3 Å². The molecule has 2 aromatic rings. The maximum Gasteiger partial charge on any atom is 0.275 e. The van der Waals surface area contributed by atoms with Gasteiger partial charge >= 0.3 is 0 Å². The van der Waals surface area contributed by atoms with Crippen LogP contribution in [0, 0.1) is 5.82 Å². The lowest BCUT2D eigenvalue weighted by molar-refractivity contribution is 0.0816. The summed E-state index contributed by atoms with van der Waals surface area (Å²) < 4.78 is 60.8. The van der Waals surface area contributed by atoms with Crippen molar-refractivity contribution < 1.29 is 27.3 Å². The SMILES string of the molecule is CC1(c2nc(NC(=O)c3ccc(OCC(F)F)cn3)ccc2F)CS2([O-])NCCCCC2(C)C(N)=N1. The number of carbonyl (C=O) groups is 1. The Hall–Kier alpha value is -2.90. The molecule has 3 unspecified atom stereocenters. The number of carbonyl (C=O) groups excluding carboxylic acids is 1. The number of anilines is 1. The highest BCUT2D eigenvalue weighted by Crippen LogP contribution is 2.61. The number of nitrogens with one attached hydrogen (secondary N) is 2. The van der Waals surface area contributed by atoms with Crippen molar-refractivity contribution in [3.8, 4) is 5.75 Å². The predicted octanol–water partition coefficient (Wildman–Crippen LogP) is 3.48. The molecular weight excluding hydrogens is 497 g/mol. The molecular formula is C23H28F3N6O3S-. The number of amidine groups is 1. The fourth-order valence-electron chi connectivity index (χ4n) is 4.42. The molecule has 0 aromatic carbocycles. The number of rotatable bonds is 6. The largest absolute Gasteiger partial charge is 0.800 e. The van der Waals surface area contributed by atoms with Crippen LogP contribution in [0.25, 0.3) is 0 Å². The molecule has 0 bridgehead atoms. The molecule has 36 heavy (non-hydrogen) atoms. The summed E-state index contributed by atoms with van der Waals surface area (Å²) in [4.78, 5) is 25.4. The summed E-state index contributed by atoms with van der Waals surface area (Å²) in [6, 6.07) is 5.06. The molecule has 13 heteroatoms. The van der Waals surface area contributed by atoms with Gasteiger partial charge in [0.05, 0.1) is 10.9 Å². The lowest BCUT2D eigenvalue weighted by atomic mass is 9.96. The number of alkyl halides is 2. The van der Waals surface area contributed by atoms with E-state index in [0.717, 1.165) is 25.1 Å². The predicted molar refractivity (Wildman–Crippen MR) is 130 cm³/mol. The zero-order valence-corrected chi connectivity index (χ0v) is 20.7. The molecule has 9 nitrogen and oxygen atoms in total. The van der Waals surface area contributed by atoms with E-state index < -0.39 is 45.5 Å². The summed E-state index contributed by atoms with van der Waals surface area (Å²) in [6.07, 6.45) is 0.805. The molecule has 4 N–H and O–H groups in total. The van der Waals surface area contributed by atoms with E-state index in [1.165, 1.54) is 18.2 Å². The van der Waals surface area contributed by atoms with Crippen molar-refractivity contribution in [2.45, 2.75) is 49.8 Å². The Kier molecular flexibility index (Phi) is 7.17. The quantitative estimate of drug-likeness (QED) is 0.525. The van der Waals surface area contributed by atoms with Crippen LogP contribution in [0.15, 0.2) is 35.5 Å². The Morgan fingerprint density at radius 1 is 1.31 bits per heavy atom. The number of aliphatic imine (C=N–C) groups is 1. The molecule has 1 amide bonds. The fraction of sp³-hybridized carbons (Fsp3) is 0.478. The van der Waals surface area contributed by atoms with Crippen LogP contribution in [0.2, 0.25) is 0 Å². The highest BCUT2D eigenvalue weighted by atomic mass is 32.3. The smallest absolute Gasteiger partial charge is 0.275 e. The Balaban J connectivity index is 1.58. The summed E-state index contributed by atoms with van der Waals surface area (Å²) >= 11 is 0. The minimum Gasteiger partial charge on any atom is -0.800 e. The van der Waals surface area contributed by atoms with Crippen molar-refractivity contribution >= 4 is 28.1 Å². The van der Waals surface area contributed by atoms with Gasteiger partial charge in [-0.1, -0.05) is 6.42 Å². The zero-order chi connectivity index (χ0) is 26.1. The molecule has 4 rings (SSSR count). The summed E-state index contributed by atoms with van der Waals surface area (Å²) in [5.41, 5.74) is 4.89. The van der Waals surface area contributed by atoms with E-state index in [4.69, 9.17) is 10.5 Å². The molecule has 2 aliphatic rings. The number of pyridine rings is 2. The van der Waals surface area contributed by atoms with Gasteiger partial charge in [-0.05, 0) is 51.0 Å².